The number of nitrogens with zero attached hydrogens (tertiary/aromatic N) is 1. The first-order chi connectivity index (χ1) is 11.9. The number of anilines is 1. The molecule has 0 fully saturated rings. The molecule has 0 spiro atoms. The number of halogens is 1. The van der Waals surface area contributed by atoms with Crippen LogP contribution in [-0.4, -0.2) is 27.5 Å². The van der Waals surface area contributed by atoms with Gasteiger partial charge in [0.15, 0.2) is 0 Å². The highest BCUT2D eigenvalue weighted by Gasteiger charge is 2.24. The second-order valence-electron chi connectivity index (χ2n) is 5.05. The fourth-order valence-corrected chi connectivity index (χ4v) is 3.87. The Labute approximate surface area is 156 Å². The van der Waals surface area contributed by atoms with Crippen molar-refractivity contribution in [2.75, 3.05) is 17.5 Å². The highest BCUT2D eigenvalue weighted by atomic mass is 79.9. The minimum absolute atomic E-state index is 0.108. The lowest BCUT2D eigenvalue weighted by molar-refractivity contribution is 0.0526. The smallest absolute Gasteiger partial charge is 0.338 e. The molecule has 0 aliphatic heterocycles. The molecule has 0 saturated carbocycles. The number of rotatable bonds is 7. The van der Waals surface area contributed by atoms with Crippen molar-refractivity contribution >= 4 is 37.6 Å². The van der Waals surface area contributed by atoms with Crippen molar-refractivity contribution < 1.29 is 17.9 Å². The van der Waals surface area contributed by atoms with Crippen LogP contribution >= 0.6 is 15.9 Å². The van der Waals surface area contributed by atoms with Crippen molar-refractivity contribution in [2.24, 2.45) is 0 Å². The summed E-state index contributed by atoms with van der Waals surface area (Å²) in [5.74, 6) is -0.444. The van der Waals surface area contributed by atoms with Crippen LogP contribution in [0.5, 0.6) is 0 Å². The molecule has 0 aliphatic carbocycles. The standard InChI is InChI=1S/C18H18BrNO4S/c1-3-13-20(25(22,23)17-11-7-15(19)8-12-17)16-9-5-14(6-10-16)18(21)24-4-2/h3,5-12H,1,4,13H2,2H3. The van der Waals surface area contributed by atoms with E-state index in [0.29, 0.717) is 11.3 Å². The molecule has 0 heterocycles. The van der Waals surface area contributed by atoms with Crippen LogP contribution in [0, 0.1) is 0 Å². The normalized spacial score (nSPS) is 11.0. The van der Waals surface area contributed by atoms with Crippen LogP contribution in [0.4, 0.5) is 5.69 Å². The molecule has 2 rings (SSSR count). The summed E-state index contributed by atoms with van der Waals surface area (Å²) in [6.45, 7) is 5.74. The summed E-state index contributed by atoms with van der Waals surface area (Å²) in [5, 5.41) is 0. The van der Waals surface area contributed by atoms with E-state index in [1.807, 2.05) is 0 Å². The predicted molar refractivity (Wildman–Crippen MR) is 101 cm³/mol. The van der Waals surface area contributed by atoms with E-state index in [4.69, 9.17) is 4.74 Å². The molecule has 0 N–H and O–H groups in total. The van der Waals surface area contributed by atoms with Crippen LogP contribution < -0.4 is 4.31 Å². The van der Waals surface area contributed by atoms with Crippen molar-refractivity contribution in [3.63, 3.8) is 0 Å². The summed E-state index contributed by atoms with van der Waals surface area (Å²) in [4.78, 5) is 11.9. The van der Waals surface area contributed by atoms with E-state index in [1.165, 1.54) is 22.5 Å². The number of hydrogen-bond donors (Lipinski definition) is 0. The maximum absolute atomic E-state index is 12.9. The second-order valence-corrected chi connectivity index (χ2v) is 7.82. The van der Waals surface area contributed by atoms with E-state index < -0.39 is 16.0 Å². The van der Waals surface area contributed by atoms with Gasteiger partial charge in [0.1, 0.15) is 0 Å². The average Bonchev–Trinajstić information content (AvgIpc) is 2.60. The lowest BCUT2D eigenvalue weighted by Crippen LogP contribution is -2.31. The van der Waals surface area contributed by atoms with Crippen molar-refractivity contribution in [3.05, 3.63) is 71.2 Å². The Hall–Kier alpha value is -2.12. The van der Waals surface area contributed by atoms with Crippen LogP contribution in [0.3, 0.4) is 0 Å². The Kier molecular flexibility index (Phi) is 6.39. The predicted octanol–water partition coefficient (Wildman–Crippen LogP) is 4.01. The summed E-state index contributed by atoms with van der Waals surface area (Å²) in [6.07, 6.45) is 1.51. The van der Waals surface area contributed by atoms with Gasteiger partial charge in [-0.1, -0.05) is 22.0 Å². The highest BCUT2D eigenvalue weighted by molar-refractivity contribution is 9.10. The summed E-state index contributed by atoms with van der Waals surface area (Å²) in [7, 11) is -3.75. The highest BCUT2D eigenvalue weighted by Crippen LogP contribution is 2.25. The second kappa shape index (κ2) is 8.31. The maximum atomic E-state index is 12.9. The zero-order chi connectivity index (χ0) is 18.4. The molecule has 0 aromatic heterocycles. The van der Waals surface area contributed by atoms with Gasteiger partial charge in [0, 0.05) is 4.47 Å². The van der Waals surface area contributed by atoms with Gasteiger partial charge in [-0.05, 0) is 55.5 Å². The molecule has 25 heavy (non-hydrogen) atoms. The van der Waals surface area contributed by atoms with E-state index in [-0.39, 0.29) is 18.0 Å². The van der Waals surface area contributed by atoms with Crippen molar-refractivity contribution in [3.8, 4) is 0 Å². The zero-order valence-corrected chi connectivity index (χ0v) is 16.1. The number of carbonyl (C=O) groups is 1. The topological polar surface area (TPSA) is 63.7 Å². The molecule has 0 atom stereocenters. The first kappa shape index (κ1) is 19.2. The van der Waals surface area contributed by atoms with Gasteiger partial charge in [0.2, 0.25) is 0 Å². The van der Waals surface area contributed by atoms with Crippen LogP contribution in [0.25, 0.3) is 0 Å². The van der Waals surface area contributed by atoms with Crippen molar-refractivity contribution in [1.82, 2.24) is 0 Å². The van der Waals surface area contributed by atoms with Gasteiger partial charge in [-0.25, -0.2) is 13.2 Å². The molecule has 2 aromatic carbocycles. The monoisotopic (exact) mass is 423 g/mol. The molecule has 0 unspecified atom stereocenters. The number of esters is 1. The first-order valence-electron chi connectivity index (χ1n) is 7.56. The van der Waals surface area contributed by atoms with E-state index in [0.717, 1.165) is 4.47 Å². The molecule has 5 nitrogen and oxygen atoms in total. The molecule has 0 saturated heterocycles. The SMILES string of the molecule is C=CCN(c1ccc(C(=O)OCC)cc1)S(=O)(=O)c1ccc(Br)cc1. The molecule has 0 bridgehead atoms. The molecular formula is C18H18BrNO4S. The first-order valence-corrected chi connectivity index (χ1v) is 9.80. The number of ether oxygens (including phenoxy) is 1. The van der Waals surface area contributed by atoms with Crippen molar-refractivity contribution in [2.45, 2.75) is 11.8 Å². The third kappa shape index (κ3) is 4.49. The maximum Gasteiger partial charge on any atom is 0.338 e. The van der Waals surface area contributed by atoms with Gasteiger partial charge in [-0.15, -0.1) is 6.58 Å². The third-order valence-electron chi connectivity index (χ3n) is 3.36. The van der Waals surface area contributed by atoms with Crippen LogP contribution in [0.1, 0.15) is 17.3 Å². The minimum atomic E-state index is -3.75. The third-order valence-corrected chi connectivity index (χ3v) is 5.70. The van der Waals surface area contributed by atoms with Gasteiger partial charge >= 0.3 is 5.97 Å². The molecule has 132 valence electrons. The van der Waals surface area contributed by atoms with Crippen molar-refractivity contribution in [1.29, 1.82) is 0 Å². The van der Waals surface area contributed by atoms with E-state index >= 15 is 0 Å². The molecular weight excluding hydrogens is 406 g/mol. The number of sulfonamides is 1. The van der Waals surface area contributed by atoms with Crippen LogP contribution in [0.2, 0.25) is 0 Å². The van der Waals surface area contributed by atoms with Gasteiger partial charge < -0.3 is 4.74 Å². The fourth-order valence-electron chi connectivity index (χ4n) is 2.17. The van der Waals surface area contributed by atoms with E-state index in [2.05, 4.69) is 22.5 Å². The average molecular weight is 424 g/mol. The Balaban J connectivity index is 2.38. The van der Waals surface area contributed by atoms with Crippen LogP contribution in [-0.2, 0) is 14.8 Å². The van der Waals surface area contributed by atoms with Gasteiger partial charge in [0.05, 0.1) is 29.3 Å². The molecule has 7 heteroatoms. The molecule has 0 amide bonds. The largest absolute Gasteiger partial charge is 0.462 e. The summed E-state index contributed by atoms with van der Waals surface area (Å²) in [5.41, 5.74) is 0.807. The Morgan fingerprint density at radius 3 is 2.28 bits per heavy atom. The molecule has 0 radical (unpaired) electrons. The van der Waals surface area contributed by atoms with Gasteiger partial charge in [0.25, 0.3) is 10.0 Å². The minimum Gasteiger partial charge on any atom is -0.462 e. The van der Waals surface area contributed by atoms with E-state index in [9.17, 15) is 13.2 Å². The zero-order valence-electron chi connectivity index (χ0n) is 13.7. The number of hydrogen-bond acceptors (Lipinski definition) is 4. The van der Waals surface area contributed by atoms with Gasteiger partial charge in [-0.3, -0.25) is 4.31 Å². The van der Waals surface area contributed by atoms with Gasteiger partial charge in [-0.2, -0.15) is 0 Å². The number of benzene rings is 2. The Morgan fingerprint density at radius 1 is 1.16 bits per heavy atom. The number of carbonyl (C=O) groups excluding carboxylic acids is 1. The quantitative estimate of drug-likeness (QED) is 0.498. The lowest BCUT2D eigenvalue weighted by Gasteiger charge is -2.23. The summed E-state index contributed by atoms with van der Waals surface area (Å²) < 4.78 is 32.8. The molecule has 0 aliphatic rings. The Morgan fingerprint density at radius 2 is 1.76 bits per heavy atom. The van der Waals surface area contributed by atoms with Crippen LogP contribution in [0.15, 0.2) is 70.6 Å². The summed E-state index contributed by atoms with van der Waals surface area (Å²) in [6, 6.07) is 12.6. The molecule has 2 aromatic rings. The van der Waals surface area contributed by atoms with E-state index in [1.54, 1.807) is 43.3 Å². The fraction of sp³-hybridized carbons (Fsp3) is 0.167. The lowest BCUT2D eigenvalue weighted by atomic mass is 10.2. The Bertz CT molecular complexity index is 846. The summed E-state index contributed by atoms with van der Waals surface area (Å²) >= 11 is 3.29.